The van der Waals surface area contributed by atoms with Gasteiger partial charge in [0, 0.05) is 17.5 Å². The van der Waals surface area contributed by atoms with Gasteiger partial charge in [0.05, 0.1) is 24.9 Å². The summed E-state index contributed by atoms with van der Waals surface area (Å²) in [5.41, 5.74) is 3.66. The number of hydrogen-bond acceptors (Lipinski definition) is 4. The van der Waals surface area contributed by atoms with Crippen molar-refractivity contribution < 1.29 is 14.3 Å². The minimum absolute atomic E-state index is 0.0344. The maximum atomic E-state index is 12.4. The first kappa shape index (κ1) is 17.3. The van der Waals surface area contributed by atoms with Crippen LogP contribution in [0.2, 0.25) is 0 Å². The normalized spacial score (nSPS) is 28.3. The highest BCUT2D eigenvalue weighted by Crippen LogP contribution is 2.66. The van der Waals surface area contributed by atoms with E-state index in [4.69, 9.17) is 9.47 Å². The molecule has 0 spiro atoms. The van der Waals surface area contributed by atoms with E-state index < -0.39 is 0 Å². The molecule has 0 bridgehead atoms. The Balaban J connectivity index is 1.66. The Morgan fingerprint density at radius 2 is 2.08 bits per heavy atom. The van der Waals surface area contributed by atoms with Gasteiger partial charge in [-0.2, -0.15) is 5.10 Å². The van der Waals surface area contributed by atoms with Gasteiger partial charge in [-0.3, -0.25) is 4.79 Å². The van der Waals surface area contributed by atoms with Crippen LogP contribution in [-0.2, 0) is 4.79 Å². The summed E-state index contributed by atoms with van der Waals surface area (Å²) in [6.45, 7) is 2.23. The number of nitrogens with one attached hydrogen (secondary N) is 1. The van der Waals surface area contributed by atoms with Crippen molar-refractivity contribution in [2.75, 3.05) is 14.2 Å². The molecule has 6 heteroatoms. The maximum absolute atomic E-state index is 12.4. The first-order chi connectivity index (χ1) is 11.5. The molecule has 130 valence electrons. The van der Waals surface area contributed by atoms with Crippen LogP contribution >= 0.6 is 15.9 Å². The van der Waals surface area contributed by atoms with Gasteiger partial charge in [-0.1, -0.05) is 19.8 Å². The van der Waals surface area contributed by atoms with E-state index in [0.717, 1.165) is 22.9 Å². The smallest absolute Gasteiger partial charge is 0.244 e. The van der Waals surface area contributed by atoms with E-state index in [9.17, 15) is 4.79 Å². The number of rotatable bonds is 5. The van der Waals surface area contributed by atoms with Gasteiger partial charge in [-0.25, -0.2) is 5.43 Å². The van der Waals surface area contributed by atoms with Crippen LogP contribution in [0.15, 0.2) is 21.7 Å². The third-order valence-electron chi connectivity index (χ3n) is 5.50. The summed E-state index contributed by atoms with van der Waals surface area (Å²) >= 11 is 3.44. The molecule has 0 aliphatic heterocycles. The highest BCUT2D eigenvalue weighted by atomic mass is 79.9. The lowest BCUT2D eigenvalue weighted by Crippen LogP contribution is -2.22. The average molecular weight is 395 g/mol. The number of methoxy groups -OCH3 is 2. The molecule has 5 nitrogen and oxygen atoms in total. The molecule has 1 N–H and O–H groups in total. The summed E-state index contributed by atoms with van der Waals surface area (Å²) in [5.74, 6) is 2.00. The summed E-state index contributed by atoms with van der Waals surface area (Å²) in [4.78, 5) is 12.4. The van der Waals surface area contributed by atoms with Crippen LogP contribution < -0.4 is 14.9 Å². The molecule has 0 saturated heterocycles. The summed E-state index contributed by atoms with van der Waals surface area (Å²) < 4.78 is 11.4. The fourth-order valence-corrected chi connectivity index (χ4v) is 4.59. The third-order valence-corrected chi connectivity index (χ3v) is 6.12. The van der Waals surface area contributed by atoms with E-state index >= 15 is 0 Å². The Morgan fingerprint density at radius 1 is 1.33 bits per heavy atom. The minimum Gasteiger partial charge on any atom is -0.496 e. The number of carbonyl (C=O) groups excluding carboxylic acids is 1. The fourth-order valence-electron chi connectivity index (χ4n) is 4.07. The number of hydrazone groups is 1. The van der Waals surface area contributed by atoms with Gasteiger partial charge < -0.3 is 9.47 Å². The van der Waals surface area contributed by atoms with Crippen LogP contribution in [0.25, 0.3) is 0 Å². The standard InChI is InChI=1S/C18H23BrN2O3/c1-18-7-5-4-6-12(18)16(18)17(22)21-20-10-11-8-13(19)15(24-3)9-14(11)23-2/h8-10,12,16H,4-7H2,1-3H3,(H,21,22)/b20-10+/t12-,16-,18-/m0/s1. The molecule has 3 atom stereocenters. The van der Waals surface area contributed by atoms with Gasteiger partial charge in [-0.05, 0) is 46.2 Å². The lowest BCUT2D eigenvalue weighted by Gasteiger charge is -2.15. The van der Waals surface area contributed by atoms with E-state index in [1.54, 1.807) is 26.5 Å². The van der Waals surface area contributed by atoms with E-state index in [1.165, 1.54) is 12.8 Å². The second-order valence-electron chi connectivity index (χ2n) is 6.80. The van der Waals surface area contributed by atoms with E-state index in [0.29, 0.717) is 17.4 Å². The highest BCUT2D eigenvalue weighted by molar-refractivity contribution is 9.10. The first-order valence-electron chi connectivity index (χ1n) is 8.25. The number of carbonyl (C=O) groups is 1. The maximum Gasteiger partial charge on any atom is 0.244 e. The quantitative estimate of drug-likeness (QED) is 0.610. The van der Waals surface area contributed by atoms with Gasteiger partial charge >= 0.3 is 0 Å². The number of nitrogens with zero attached hydrogens (tertiary/aromatic N) is 1. The molecule has 2 aliphatic carbocycles. The molecule has 0 unspecified atom stereocenters. The molecule has 3 rings (SSSR count). The second kappa shape index (κ2) is 6.75. The molecule has 2 saturated carbocycles. The Kier molecular flexibility index (Phi) is 4.85. The molecule has 24 heavy (non-hydrogen) atoms. The molecular formula is C18H23BrN2O3. The molecule has 2 aliphatic rings. The summed E-state index contributed by atoms with van der Waals surface area (Å²) in [5, 5.41) is 4.13. The predicted octanol–water partition coefficient (Wildman–Crippen LogP) is 3.74. The van der Waals surface area contributed by atoms with Crippen LogP contribution in [0.4, 0.5) is 0 Å². The number of halogens is 1. The molecule has 1 amide bonds. The van der Waals surface area contributed by atoms with Crippen LogP contribution in [0, 0.1) is 17.3 Å². The molecule has 2 fully saturated rings. The van der Waals surface area contributed by atoms with E-state index in [2.05, 4.69) is 33.4 Å². The lowest BCUT2D eigenvalue weighted by atomic mass is 9.90. The van der Waals surface area contributed by atoms with Crippen molar-refractivity contribution in [1.29, 1.82) is 0 Å². The predicted molar refractivity (Wildman–Crippen MR) is 96.5 cm³/mol. The number of benzene rings is 1. The molecule has 0 heterocycles. The Hall–Kier alpha value is -1.56. The minimum atomic E-state index is 0.0344. The van der Waals surface area contributed by atoms with Gasteiger partial charge in [0.1, 0.15) is 11.5 Å². The van der Waals surface area contributed by atoms with Crippen molar-refractivity contribution in [3.05, 3.63) is 22.2 Å². The Bertz CT molecular complexity index is 676. The van der Waals surface area contributed by atoms with Crippen LogP contribution in [-0.4, -0.2) is 26.3 Å². The van der Waals surface area contributed by atoms with Gasteiger partial charge in [0.15, 0.2) is 0 Å². The zero-order valence-corrected chi connectivity index (χ0v) is 15.9. The lowest BCUT2D eigenvalue weighted by molar-refractivity contribution is -0.123. The van der Waals surface area contributed by atoms with Crippen molar-refractivity contribution in [3.8, 4) is 11.5 Å². The monoisotopic (exact) mass is 394 g/mol. The first-order valence-corrected chi connectivity index (χ1v) is 9.05. The zero-order chi connectivity index (χ0) is 17.3. The molecule has 0 radical (unpaired) electrons. The van der Waals surface area contributed by atoms with E-state index in [-0.39, 0.29) is 17.2 Å². The van der Waals surface area contributed by atoms with Crippen LogP contribution in [0.3, 0.4) is 0 Å². The Labute approximate surface area is 150 Å². The average Bonchev–Trinajstić information content (AvgIpc) is 3.20. The number of amides is 1. The van der Waals surface area contributed by atoms with E-state index in [1.807, 2.05) is 6.07 Å². The number of hydrogen-bond donors (Lipinski definition) is 1. The molecule has 1 aromatic rings. The number of fused-ring (bicyclic) bond motifs is 1. The van der Waals surface area contributed by atoms with Gasteiger partial charge in [0.25, 0.3) is 0 Å². The largest absolute Gasteiger partial charge is 0.496 e. The topological polar surface area (TPSA) is 59.9 Å². The SMILES string of the molecule is COc1cc(OC)c(/C=N/NC(=O)[C@@H]2[C@@H]3CCCC[C@]23C)cc1Br. The van der Waals surface area contributed by atoms with Gasteiger partial charge in [-0.15, -0.1) is 0 Å². The zero-order valence-electron chi connectivity index (χ0n) is 14.3. The van der Waals surface area contributed by atoms with Crippen molar-refractivity contribution in [3.63, 3.8) is 0 Å². The summed E-state index contributed by atoms with van der Waals surface area (Å²) in [7, 11) is 3.19. The van der Waals surface area contributed by atoms with Crippen molar-refractivity contribution >= 4 is 28.1 Å². The highest BCUT2D eigenvalue weighted by Gasteiger charge is 2.64. The van der Waals surface area contributed by atoms with Gasteiger partial charge in [0.2, 0.25) is 5.91 Å². The molecule has 0 aromatic heterocycles. The van der Waals surface area contributed by atoms with Crippen molar-refractivity contribution in [2.24, 2.45) is 22.4 Å². The number of ether oxygens (including phenoxy) is 2. The third kappa shape index (κ3) is 3.04. The van der Waals surface area contributed by atoms with Crippen molar-refractivity contribution in [2.45, 2.75) is 32.6 Å². The Morgan fingerprint density at radius 3 is 2.71 bits per heavy atom. The summed E-state index contributed by atoms with van der Waals surface area (Å²) in [6, 6.07) is 3.63. The fraction of sp³-hybridized carbons (Fsp3) is 0.556. The van der Waals surface area contributed by atoms with Crippen molar-refractivity contribution in [1.82, 2.24) is 5.43 Å². The second-order valence-corrected chi connectivity index (χ2v) is 7.65. The van der Waals surface area contributed by atoms with Crippen LogP contribution in [0.5, 0.6) is 11.5 Å². The molecule has 1 aromatic carbocycles. The molecular weight excluding hydrogens is 372 g/mol. The summed E-state index contributed by atoms with van der Waals surface area (Å²) in [6.07, 6.45) is 6.40. The van der Waals surface area contributed by atoms with Crippen LogP contribution in [0.1, 0.15) is 38.2 Å².